The van der Waals surface area contributed by atoms with E-state index >= 15 is 0 Å². The number of hydrogen-bond donors (Lipinski definition) is 4. The summed E-state index contributed by atoms with van der Waals surface area (Å²) in [5.41, 5.74) is 2.22. The average Bonchev–Trinajstić information content (AvgIpc) is 3.41. The zero-order valence-electron chi connectivity index (χ0n) is 20.8. The third-order valence-corrected chi connectivity index (χ3v) is 5.66. The van der Waals surface area contributed by atoms with Gasteiger partial charge in [0.1, 0.15) is 18.1 Å². The van der Waals surface area contributed by atoms with Crippen molar-refractivity contribution in [3.05, 3.63) is 90.0 Å². The number of carbonyl (C=O) groups is 4. The summed E-state index contributed by atoms with van der Waals surface area (Å²) in [6.45, 7) is 1.33. The number of ether oxygens (including phenoxy) is 1. The molecule has 0 aliphatic rings. The highest BCUT2D eigenvalue weighted by Gasteiger charge is 2.30. The summed E-state index contributed by atoms with van der Waals surface area (Å²) >= 11 is 0. The summed E-state index contributed by atoms with van der Waals surface area (Å²) in [6, 6.07) is 15.5. The van der Waals surface area contributed by atoms with E-state index in [0.29, 0.717) is 5.69 Å². The third-order valence-electron chi connectivity index (χ3n) is 5.66. The Morgan fingerprint density at radius 3 is 1.76 bits per heavy atom. The predicted molar refractivity (Wildman–Crippen MR) is 136 cm³/mol. The van der Waals surface area contributed by atoms with Crippen LogP contribution in [0.15, 0.2) is 73.2 Å². The van der Waals surface area contributed by atoms with Crippen LogP contribution in [0.25, 0.3) is 0 Å². The second-order valence-corrected chi connectivity index (χ2v) is 8.54. The molecule has 1 aromatic heterocycles. The van der Waals surface area contributed by atoms with Gasteiger partial charge >= 0.3 is 5.97 Å². The zero-order valence-corrected chi connectivity index (χ0v) is 20.8. The molecule has 0 bridgehead atoms. The normalized spacial score (nSPS) is 13.0. The van der Waals surface area contributed by atoms with E-state index in [1.807, 2.05) is 60.7 Å². The predicted octanol–water partition coefficient (Wildman–Crippen LogP) is 1.08. The summed E-state index contributed by atoms with van der Waals surface area (Å²) in [7, 11) is 1.23. The highest BCUT2D eigenvalue weighted by molar-refractivity contribution is 5.93. The molecule has 0 aliphatic heterocycles. The molecule has 37 heavy (non-hydrogen) atoms. The number of methoxy groups -OCH3 is 1. The van der Waals surface area contributed by atoms with E-state index < -0.39 is 35.9 Å². The standard InChI is InChI=1S/C27H31N5O5/c1-18(33)30-22(13-19-9-5-3-6-10-19)25(34)31-23(14-20-11-7-4-8-12-20)26(35)32-24(27(36)37-2)15-21-16-28-17-29-21/h3-12,16-17,22-24H,13-15H2,1-2H3,(H,28,29)(H,30,33)(H,31,34)(H,32,35)/t22-,23-,24-/m0/s1. The molecule has 10 nitrogen and oxygen atoms in total. The topological polar surface area (TPSA) is 142 Å². The van der Waals surface area contributed by atoms with Crippen LogP contribution >= 0.6 is 0 Å². The average molecular weight is 506 g/mol. The number of nitrogens with zero attached hydrogens (tertiary/aromatic N) is 1. The van der Waals surface area contributed by atoms with Gasteiger partial charge in [0.15, 0.2) is 0 Å². The first-order valence-corrected chi connectivity index (χ1v) is 11.9. The van der Waals surface area contributed by atoms with Crippen molar-refractivity contribution in [2.45, 2.75) is 44.3 Å². The van der Waals surface area contributed by atoms with Gasteiger partial charge in [-0.25, -0.2) is 9.78 Å². The van der Waals surface area contributed by atoms with Crippen molar-refractivity contribution >= 4 is 23.7 Å². The lowest BCUT2D eigenvalue weighted by Gasteiger charge is -2.25. The lowest BCUT2D eigenvalue weighted by atomic mass is 10.0. The number of aromatic amines is 1. The first-order valence-electron chi connectivity index (χ1n) is 11.9. The van der Waals surface area contributed by atoms with Crippen LogP contribution in [0.1, 0.15) is 23.7 Å². The fraction of sp³-hybridized carbons (Fsp3) is 0.296. The number of nitrogens with one attached hydrogen (secondary N) is 4. The molecule has 0 fully saturated rings. The van der Waals surface area contributed by atoms with Gasteiger partial charge in [0, 0.05) is 32.4 Å². The largest absolute Gasteiger partial charge is 0.467 e. The summed E-state index contributed by atoms with van der Waals surface area (Å²) in [4.78, 5) is 57.9. The van der Waals surface area contributed by atoms with Gasteiger partial charge in [-0.1, -0.05) is 60.7 Å². The van der Waals surface area contributed by atoms with E-state index in [9.17, 15) is 19.2 Å². The van der Waals surface area contributed by atoms with Crippen LogP contribution in [-0.2, 0) is 43.2 Å². The molecule has 0 unspecified atom stereocenters. The molecule has 0 radical (unpaired) electrons. The fourth-order valence-electron chi connectivity index (χ4n) is 3.86. The van der Waals surface area contributed by atoms with Crippen LogP contribution in [0.3, 0.4) is 0 Å². The highest BCUT2D eigenvalue weighted by Crippen LogP contribution is 2.08. The molecule has 1 heterocycles. The SMILES string of the molecule is COC(=O)[C@H](Cc1c[nH]cn1)NC(=O)[C@H](Cc1ccccc1)NC(=O)[C@H](Cc1ccccc1)NC(C)=O. The molecule has 3 atom stereocenters. The number of esters is 1. The Morgan fingerprint density at radius 2 is 1.30 bits per heavy atom. The summed E-state index contributed by atoms with van der Waals surface area (Å²) in [5.74, 6) is -2.09. The van der Waals surface area contributed by atoms with Crippen LogP contribution in [0.2, 0.25) is 0 Å². The summed E-state index contributed by atoms with van der Waals surface area (Å²) in [5, 5.41) is 8.13. The Bertz CT molecular complexity index is 1170. The fourth-order valence-corrected chi connectivity index (χ4v) is 3.86. The van der Waals surface area contributed by atoms with E-state index in [1.54, 1.807) is 6.20 Å². The molecule has 0 aliphatic carbocycles. The molecule has 0 saturated carbocycles. The quantitative estimate of drug-likeness (QED) is 0.272. The Balaban J connectivity index is 1.80. The number of amides is 3. The van der Waals surface area contributed by atoms with Crippen molar-refractivity contribution in [2.75, 3.05) is 7.11 Å². The van der Waals surface area contributed by atoms with Crippen LogP contribution in [0.5, 0.6) is 0 Å². The number of benzene rings is 2. The first-order chi connectivity index (χ1) is 17.9. The van der Waals surface area contributed by atoms with Gasteiger partial charge in [0.05, 0.1) is 19.1 Å². The maximum Gasteiger partial charge on any atom is 0.328 e. The molecule has 194 valence electrons. The van der Waals surface area contributed by atoms with Gasteiger partial charge in [-0.3, -0.25) is 14.4 Å². The first kappa shape index (κ1) is 27.1. The van der Waals surface area contributed by atoms with E-state index in [-0.39, 0.29) is 25.2 Å². The van der Waals surface area contributed by atoms with Gasteiger partial charge in [0.25, 0.3) is 0 Å². The molecule has 0 saturated heterocycles. The van der Waals surface area contributed by atoms with E-state index in [2.05, 4.69) is 25.9 Å². The van der Waals surface area contributed by atoms with E-state index in [1.165, 1.54) is 20.4 Å². The molecule has 0 spiro atoms. The Hall–Kier alpha value is -4.47. The number of aromatic nitrogens is 2. The summed E-state index contributed by atoms with van der Waals surface area (Å²) < 4.78 is 4.86. The molecular formula is C27H31N5O5. The monoisotopic (exact) mass is 505 g/mol. The van der Waals surface area contributed by atoms with Gasteiger partial charge < -0.3 is 25.7 Å². The molecule has 3 aromatic rings. The third kappa shape index (κ3) is 8.60. The second kappa shape index (κ2) is 13.6. The minimum absolute atomic E-state index is 0.108. The van der Waals surface area contributed by atoms with Crippen molar-refractivity contribution in [2.24, 2.45) is 0 Å². The van der Waals surface area contributed by atoms with Gasteiger partial charge in [0.2, 0.25) is 17.7 Å². The molecular weight excluding hydrogens is 474 g/mol. The van der Waals surface area contributed by atoms with Gasteiger partial charge in [-0.2, -0.15) is 0 Å². The van der Waals surface area contributed by atoms with E-state index in [4.69, 9.17) is 4.74 Å². The Kier molecular flexibility index (Phi) is 9.95. The highest BCUT2D eigenvalue weighted by atomic mass is 16.5. The maximum absolute atomic E-state index is 13.4. The van der Waals surface area contributed by atoms with Crippen molar-refractivity contribution in [1.82, 2.24) is 25.9 Å². The smallest absolute Gasteiger partial charge is 0.328 e. The maximum atomic E-state index is 13.4. The van der Waals surface area contributed by atoms with Crippen LogP contribution < -0.4 is 16.0 Å². The molecule has 10 heteroatoms. The van der Waals surface area contributed by atoms with Crippen molar-refractivity contribution in [3.63, 3.8) is 0 Å². The van der Waals surface area contributed by atoms with Gasteiger partial charge in [-0.05, 0) is 11.1 Å². The molecule has 2 aromatic carbocycles. The number of hydrogen-bond acceptors (Lipinski definition) is 6. The van der Waals surface area contributed by atoms with Gasteiger partial charge in [-0.15, -0.1) is 0 Å². The lowest BCUT2D eigenvalue weighted by molar-refractivity contribution is -0.145. The molecule has 3 rings (SSSR count). The van der Waals surface area contributed by atoms with Crippen molar-refractivity contribution in [3.8, 4) is 0 Å². The van der Waals surface area contributed by atoms with E-state index in [0.717, 1.165) is 11.1 Å². The minimum Gasteiger partial charge on any atom is -0.467 e. The zero-order chi connectivity index (χ0) is 26.6. The van der Waals surface area contributed by atoms with Crippen LogP contribution in [0.4, 0.5) is 0 Å². The number of rotatable bonds is 12. The van der Waals surface area contributed by atoms with Crippen LogP contribution in [-0.4, -0.2) is 58.9 Å². The van der Waals surface area contributed by atoms with Crippen molar-refractivity contribution < 1.29 is 23.9 Å². The minimum atomic E-state index is -1.02. The second-order valence-electron chi connectivity index (χ2n) is 8.54. The summed E-state index contributed by atoms with van der Waals surface area (Å²) in [6.07, 6.45) is 3.62. The lowest BCUT2D eigenvalue weighted by Crippen LogP contribution is -2.57. The Morgan fingerprint density at radius 1 is 0.784 bits per heavy atom. The van der Waals surface area contributed by atoms with Crippen molar-refractivity contribution in [1.29, 1.82) is 0 Å². The van der Waals surface area contributed by atoms with Crippen LogP contribution in [0, 0.1) is 0 Å². The Labute approximate surface area is 215 Å². The molecule has 3 amide bonds. The number of H-pyrrole nitrogens is 1. The number of carbonyl (C=O) groups excluding carboxylic acids is 4. The molecule has 4 N–H and O–H groups in total. The number of imidazole rings is 1.